The van der Waals surface area contributed by atoms with Crippen LogP contribution in [0.1, 0.15) is 362 Å². The number of phosphoric ester groups is 2. The molecule has 5 unspecified atom stereocenters. The van der Waals surface area contributed by atoms with Crippen LogP contribution in [0.15, 0.2) is 109 Å². The summed E-state index contributed by atoms with van der Waals surface area (Å²) in [5.41, 5.74) is 0. The normalized spacial score (nSPS) is 14.4. The van der Waals surface area contributed by atoms with Crippen molar-refractivity contribution in [3.8, 4) is 0 Å². The maximum Gasteiger partial charge on any atom is 0.472 e. The first kappa shape index (κ1) is 102. The van der Waals surface area contributed by atoms with Gasteiger partial charge in [-0.1, -0.05) is 317 Å². The van der Waals surface area contributed by atoms with Crippen LogP contribution >= 0.6 is 15.6 Å². The third-order valence-corrected chi connectivity index (χ3v) is 19.6. The van der Waals surface area contributed by atoms with Gasteiger partial charge in [-0.2, -0.15) is 0 Å². The molecular weight excluding hydrogens is 1380 g/mol. The van der Waals surface area contributed by atoms with Crippen LogP contribution in [-0.2, 0) is 65.4 Å². The quantitative estimate of drug-likeness (QED) is 0.0169. The first-order valence-electron chi connectivity index (χ1n) is 42.1. The van der Waals surface area contributed by atoms with Crippen molar-refractivity contribution in [3.63, 3.8) is 0 Å². The van der Waals surface area contributed by atoms with Crippen molar-refractivity contribution in [2.45, 2.75) is 380 Å². The number of aliphatic hydroxyl groups is 1. The SMILES string of the molecule is CC/C=C\C/C=C\C/C=C\C/C=C\CCCCCCCCC(=O)OCC(COP(=O)(O)OCC(O)COP(=O)(O)OCC(COC(=O)CCCCCC/C=C\C/C=C\C/C=C\C/C=C\CC)OC(=O)CCCCCCCCCCCCCCCCC)OC(=O)CCCCCCC/C=C\CCCCCCCC. The number of esters is 4. The number of allylic oxidation sites excluding steroid dienone is 18. The van der Waals surface area contributed by atoms with E-state index in [1.165, 1.54) is 103 Å². The summed E-state index contributed by atoms with van der Waals surface area (Å²) in [7, 11) is -9.97. The topological polar surface area (TPSA) is 237 Å². The van der Waals surface area contributed by atoms with E-state index >= 15 is 0 Å². The summed E-state index contributed by atoms with van der Waals surface area (Å²) in [5.74, 6) is -2.20. The average molecular weight is 1530 g/mol. The Morgan fingerprint density at radius 3 is 0.764 bits per heavy atom. The van der Waals surface area contributed by atoms with Crippen LogP contribution in [0.3, 0.4) is 0 Å². The third-order valence-electron chi connectivity index (χ3n) is 17.7. The molecule has 17 nitrogen and oxygen atoms in total. The van der Waals surface area contributed by atoms with Crippen molar-refractivity contribution in [1.29, 1.82) is 0 Å². The zero-order valence-corrected chi connectivity index (χ0v) is 68.9. The molecule has 5 atom stereocenters. The van der Waals surface area contributed by atoms with Gasteiger partial charge < -0.3 is 33.8 Å². The van der Waals surface area contributed by atoms with Gasteiger partial charge in [0, 0.05) is 25.7 Å². The molecule has 3 N–H and O–H groups in total. The molecule has 0 aliphatic carbocycles. The zero-order valence-electron chi connectivity index (χ0n) is 67.1. The van der Waals surface area contributed by atoms with E-state index in [1.807, 2.05) is 0 Å². The largest absolute Gasteiger partial charge is 0.472 e. The van der Waals surface area contributed by atoms with E-state index in [2.05, 4.69) is 137 Å². The van der Waals surface area contributed by atoms with Crippen LogP contribution in [0.25, 0.3) is 0 Å². The molecule has 0 aromatic heterocycles. The van der Waals surface area contributed by atoms with E-state index in [-0.39, 0.29) is 25.7 Å². The Hall–Kier alpha value is -4.28. The molecule has 0 fully saturated rings. The minimum absolute atomic E-state index is 0.0814. The van der Waals surface area contributed by atoms with Crippen molar-refractivity contribution < 1.29 is 80.2 Å². The zero-order chi connectivity index (χ0) is 77.4. The number of aliphatic hydroxyl groups excluding tert-OH is 1. The third kappa shape index (κ3) is 77.9. The van der Waals surface area contributed by atoms with E-state index in [4.69, 9.17) is 37.0 Å². The van der Waals surface area contributed by atoms with Crippen LogP contribution < -0.4 is 0 Å². The number of phosphoric acid groups is 2. The molecule has 0 aliphatic heterocycles. The van der Waals surface area contributed by atoms with Crippen molar-refractivity contribution in [2.75, 3.05) is 39.6 Å². The molecule has 106 heavy (non-hydrogen) atoms. The summed E-state index contributed by atoms with van der Waals surface area (Å²) in [5, 5.41) is 10.7. The second kappa shape index (κ2) is 78.8. The lowest BCUT2D eigenvalue weighted by atomic mass is 10.0. The number of carbonyl (C=O) groups excluding carboxylic acids is 4. The molecule has 19 heteroatoms. The molecule has 612 valence electrons. The van der Waals surface area contributed by atoms with Gasteiger partial charge in [-0.15, -0.1) is 0 Å². The first-order valence-corrected chi connectivity index (χ1v) is 45.1. The highest BCUT2D eigenvalue weighted by molar-refractivity contribution is 7.47. The molecule has 0 saturated carbocycles. The number of rotatable bonds is 79. The highest BCUT2D eigenvalue weighted by Gasteiger charge is 2.30. The maximum atomic E-state index is 13.1. The monoisotopic (exact) mass is 1530 g/mol. The lowest BCUT2D eigenvalue weighted by Crippen LogP contribution is -2.30. The second-order valence-electron chi connectivity index (χ2n) is 28.0. The number of carbonyl (C=O) groups is 4. The van der Waals surface area contributed by atoms with Crippen LogP contribution in [-0.4, -0.2) is 96.7 Å². The summed E-state index contributed by atoms with van der Waals surface area (Å²) in [6.07, 6.45) is 86.2. The van der Waals surface area contributed by atoms with Gasteiger partial charge in [0.05, 0.1) is 26.4 Å². The molecule has 0 rings (SSSR count). The molecule has 0 bridgehead atoms. The predicted molar refractivity (Wildman–Crippen MR) is 436 cm³/mol. The van der Waals surface area contributed by atoms with Crippen LogP contribution in [0, 0.1) is 0 Å². The van der Waals surface area contributed by atoms with Gasteiger partial charge in [0.2, 0.25) is 0 Å². The molecule has 0 saturated heterocycles. The van der Waals surface area contributed by atoms with Gasteiger partial charge in [0.1, 0.15) is 19.3 Å². The van der Waals surface area contributed by atoms with Gasteiger partial charge >= 0.3 is 39.5 Å². The number of hydrogen-bond acceptors (Lipinski definition) is 15. The Bertz CT molecular complexity index is 2430. The molecule has 0 radical (unpaired) electrons. The fraction of sp³-hybridized carbons (Fsp3) is 0.747. The maximum absolute atomic E-state index is 13.1. The molecule has 0 aromatic rings. The molecule has 0 aromatic carbocycles. The number of hydrogen-bond donors (Lipinski definition) is 3. The van der Waals surface area contributed by atoms with Crippen LogP contribution in [0.5, 0.6) is 0 Å². The summed E-state index contributed by atoms with van der Waals surface area (Å²) in [4.78, 5) is 73.2. The molecular formula is C87H152O17P2. The lowest BCUT2D eigenvalue weighted by molar-refractivity contribution is -0.161. The van der Waals surface area contributed by atoms with E-state index in [0.29, 0.717) is 25.7 Å². The minimum Gasteiger partial charge on any atom is -0.462 e. The molecule has 0 amide bonds. The Balaban J connectivity index is 5.38. The number of ether oxygens (including phenoxy) is 4. The van der Waals surface area contributed by atoms with Crippen molar-refractivity contribution in [1.82, 2.24) is 0 Å². The Morgan fingerprint density at radius 2 is 0.491 bits per heavy atom. The van der Waals surface area contributed by atoms with Crippen molar-refractivity contribution in [3.05, 3.63) is 109 Å². The van der Waals surface area contributed by atoms with Gasteiger partial charge in [-0.25, -0.2) is 9.13 Å². The Morgan fingerprint density at radius 1 is 0.274 bits per heavy atom. The van der Waals surface area contributed by atoms with Crippen LogP contribution in [0.4, 0.5) is 0 Å². The fourth-order valence-corrected chi connectivity index (χ4v) is 13.0. The van der Waals surface area contributed by atoms with E-state index in [9.17, 15) is 43.2 Å². The molecule has 0 heterocycles. The average Bonchev–Trinajstić information content (AvgIpc) is 0.909. The van der Waals surface area contributed by atoms with Gasteiger partial charge in [-0.3, -0.25) is 37.3 Å². The van der Waals surface area contributed by atoms with Gasteiger partial charge in [0.15, 0.2) is 12.2 Å². The Kier molecular flexibility index (Phi) is 75.6. The fourth-order valence-electron chi connectivity index (χ4n) is 11.4. The van der Waals surface area contributed by atoms with E-state index < -0.39 is 97.5 Å². The minimum atomic E-state index is -4.99. The molecule has 0 aliphatic rings. The van der Waals surface area contributed by atoms with Crippen LogP contribution in [0.2, 0.25) is 0 Å². The summed E-state index contributed by atoms with van der Waals surface area (Å²) < 4.78 is 68.8. The summed E-state index contributed by atoms with van der Waals surface area (Å²) in [6.45, 7) is 4.66. The van der Waals surface area contributed by atoms with Gasteiger partial charge in [0.25, 0.3) is 0 Å². The smallest absolute Gasteiger partial charge is 0.462 e. The Labute approximate surface area is 645 Å². The summed E-state index contributed by atoms with van der Waals surface area (Å²) >= 11 is 0. The number of unbranched alkanes of at least 4 members (excludes halogenated alkanes) is 35. The van der Waals surface area contributed by atoms with Crippen molar-refractivity contribution in [2.24, 2.45) is 0 Å². The molecule has 0 spiro atoms. The highest BCUT2D eigenvalue weighted by Crippen LogP contribution is 2.45. The standard InChI is InChI=1S/C87H152O17P2/c1-5-9-13-17-21-25-29-33-37-39-40-42-46-48-52-56-60-64-68-72-85(90)98-78-83(104-87(92)74-70-66-62-58-54-50-44-36-32-28-24-20-16-12-8-4)80-102-106(95,96)100-76-81(88)75-99-105(93,94)101-79-82(103-86(91)73-69-65-61-57-53-49-43-35-31-27-23-19-15-11-7-3)77-97-84(89)71-67-63-59-55-51-47-45-41-38-34-30-26-22-18-14-10-6-2/h9-10,13-14,21-22,25-26,33-34,36-38,40,42,44-45,47,81-83,88H,5-8,11-12,15-20,23-24,27-32,35,39,41,43,46,48-80H2,1-4H3,(H,93,94)(H,95,96)/b13-9-,14-10-,25-21-,26-22-,37-33-,38-34-,42-40-,44-36-,47-45-. The van der Waals surface area contributed by atoms with Gasteiger partial charge in [-0.05, 0) is 128 Å². The lowest BCUT2D eigenvalue weighted by Gasteiger charge is -2.21. The highest BCUT2D eigenvalue weighted by atomic mass is 31.2. The summed E-state index contributed by atoms with van der Waals surface area (Å²) in [6, 6.07) is 0. The van der Waals surface area contributed by atoms with Crippen molar-refractivity contribution >= 4 is 39.5 Å². The van der Waals surface area contributed by atoms with E-state index in [1.54, 1.807) is 0 Å². The second-order valence-corrected chi connectivity index (χ2v) is 30.9. The predicted octanol–water partition coefficient (Wildman–Crippen LogP) is 24.9. The first-order chi connectivity index (χ1) is 51.7. The van der Waals surface area contributed by atoms with E-state index in [0.717, 1.165) is 180 Å².